The lowest BCUT2D eigenvalue weighted by Crippen LogP contribution is -2.45. The van der Waals surface area contributed by atoms with E-state index in [0.29, 0.717) is 31.5 Å². The maximum atomic E-state index is 12.9. The lowest BCUT2D eigenvalue weighted by Gasteiger charge is -2.33. The standard InChI is InChI=1S/C19H18N8O3/c20-10-12-2-3-14(22-11-12)26-8-4-13(5-9-26)23-18(28)15-16(24-19(29)30)25-27-7-1-6-21-17(15)27/h1-3,6-7,11,13H,4-5,8-9H2,(H,23,28)(H,24,25)(H,29,30). The number of fused-ring (bicyclic) bond motifs is 1. The summed E-state index contributed by atoms with van der Waals surface area (Å²) in [6, 6.07) is 7.14. The fourth-order valence-corrected chi connectivity index (χ4v) is 3.43. The molecule has 0 bridgehead atoms. The van der Waals surface area contributed by atoms with Crippen LogP contribution in [0.4, 0.5) is 16.4 Å². The Bertz CT molecular complexity index is 1130. The number of amides is 2. The molecule has 1 aliphatic heterocycles. The number of rotatable bonds is 4. The second kappa shape index (κ2) is 8.04. The molecule has 0 radical (unpaired) electrons. The molecule has 0 spiro atoms. The van der Waals surface area contributed by atoms with Crippen molar-refractivity contribution in [1.82, 2.24) is 24.9 Å². The molecule has 0 aromatic carbocycles. The van der Waals surface area contributed by atoms with Crippen molar-refractivity contribution in [2.45, 2.75) is 18.9 Å². The van der Waals surface area contributed by atoms with Crippen molar-refractivity contribution in [3.05, 3.63) is 47.9 Å². The van der Waals surface area contributed by atoms with Crippen LogP contribution in [0.5, 0.6) is 0 Å². The molecule has 4 rings (SSSR count). The van der Waals surface area contributed by atoms with Gasteiger partial charge in [-0.25, -0.2) is 19.3 Å². The van der Waals surface area contributed by atoms with Crippen LogP contribution in [0.3, 0.4) is 0 Å². The third kappa shape index (κ3) is 3.83. The summed E-state index contributed by atoms with van der Waals surface area (Å²) >= 11 is 0. The van der Waals surface area contributed by atoms with Crippen LogP contribution < -0.4 is 15.5 Å². The molecule has 1 aliphatic rings. The molecule has 152 valence electrons. The van der Waals surface area contributed by atoms with Crippen LogP contribution in [-0.4, -0.2) is 55.8 Å². The first kappa shape index (κ1) is 19.1. The number of hydrogen-bond acceptors (Lipinski definition) is 7. The van der Waals surface area contributed by atoms with Crippen molar-refractivity contribution in [2.75, 3.05) is 23.3 Å². The van der Waals surface area contributed by atoms with E-state index in [4.69, 9.17) is 10.4 Å². The lowest BCUT2D eigenvalue weighted by molar-refractivity contribution is 0.0933. The average molecular weight is 406 g/mol. The van der Waals surface area contributed by atoms with Gasteiger partial charge < -0.3 is 15.3 Å². The number of nitriles is 1. The molecule has 11 nitrogen and oxygen atoms in total. The summed E-state index contributed by atoms with van der Waals surface area (Å²) in [5.74, 6) is 0.305. The highest BCUT2D eigenvalue weighted by Crippen LogP contribution is 2.21. The molecule has 1 saturated heterocycles. The summed E-state index contributed by atoms with van der Waals surface area (Å²) in [5.41, 5.74) is 0.876. The van der Waals surface area contributed by atoms with E-state index in [1.54, 1.807) is 24.5 Å². The van der Waals surface area contributed by atoms with Gasteiger partial charge in [-0.3, -0.25) is 10.1 Å². The van der Waals surface area contributed by atoms with Crippen LogP contribution in [0.1, 0.15) is 28.8 Å². The van der Waals surface area contributed by atoms with E-state index in [9.17, 15) is 9.59 Å². The molecule has 2 amide bonds. The number of hydrogen-bond donors (Lipinski definition) is 3. The largest absolute Gasteiger partial charge is 0.465 e. The number of carboxylic acid groups (broad SMARTS) is 1. The summed E-state index contributed by atoms with van der Waals surface area (Å²) in [6.45, 7) is 1.38. The summed E-state index contributed by atoms with van der Waals surface area (Å²) in [5, 5.41) is 27.1. The molecule has 3 N–H and O–H groups in total. The number of aromatic nitrogens is 4. The number of piperidine rings is 1. The van der Waals surface area contributed by atoms with E-state index in [2.05, 4.69) is 30.6 Å². The van der Waals surface area contributed by atoms with E-state index in [0.717, 1.165) is 5.82 Å². The van der Waals surface area contributed by atoms with E-state index in [1.165, 1.54) is 10.7 Å². The second-order valence-corrected chi connectivity index (χ2v) is 6.79. The highest BCUT2D eigenvalue weighted by Gasteiger charge is 2.26. The molecule has 3 aromatic rings. The molecular formula is C19H18N8O3. The van der Waals surface area contributed by atoms with Crippen molar-refractivity contribution in [2.24, 2.45) is 0 Å². The number of carbonyl (C=O) groups excluding carboxylic acids is 1. The van der Waals surface area contributed by atoms with Crippen LogP contribution in [0.25, 0.3) is 5.65 Å². The minimum atomic E-state index is -1.31. The predicted molar refractivity (Wildman–Crippen MR) is 106 cm³/mol. The Morgan fingerprint density at radius 3 is 2.70 bits per heavy atom. The van der Waals surface area contributed by atoms with E-state index >= 15 is 0 Å². The molecular weight excluding hydrogens is 388 g/mol. The SMILES string of the molecule is N#Cc1ccc(N2CCC(NC(=O)c3c(NC(=O)O)nn4cccnc34)CC2)nc1. The zero-order valence-electron chi connectivity index (χ0n) is 15.8. The van der Waals surface area contributed by atoms with E-state index in [-0.39, 0.29) is 23.1 Å². The van der Waals surface area contributed by atoms with Crippen LogP contribution in [0.15, 0.2) is 36.8 Å². The Hall–Kier alpha value is -4.20. The Balaban J connectivity index is 1.45. The van der Waals surface area contributed by atoms with Gasteiger partial charge in [-0.05, 0) is 31.0 Å². The zero-order valence-corrected chi connectivity index (χ0v) is 15.8. The van der Waals surface area contributed by atoms with Gasteiger partial charge in [-0.1, -0.05) is 0 Å². The molecule has 0 aliphatic carbocycles. The van der Waals surface area contributed by atoms with Crippen molar-refractivity contribution < 1.29 is 14.7 Å². The highest BCUT2D eigenvalue weighted by molar-refractivity contribution is 6.06. The molecule has 11 heteroatoms. The Morgan fingerprint density at radius 2 is 2.03 bits per heavy atom. The second-order valence-electron chi connectivity index (χ2n) is 6.79. The van der Waals surface area contributed by atoms with Crippen LogP contribution >= 0.6 is 0 Å². The molecule has 0 atom stereocenters. The van der Waals surface area contributed by atoms with Crippen LogP contribution in [0, 0.1) is 11.3 Å². The molecule has 0 unspecified atom stereocenters. The smallest absolute Gasteiger partial charge is 0.410 e. The monoisotopic (exact) mass is 406 g/mol. The highest BCUT2D eigenvalue weighted by atomic mass is 16.4. The Morgan fingerprint density at radius 1 is 1.23 bits per heavy atom. The van der Waals surface area contributed by atoms with Gasteiger partial charge in [0.05, 0.1) is 5.56 Å². The number of anilines is 2. The third-order valence-corrected chi connectivity index (χ3v) is 4.88. The van der Waals surface area contributed by atoms with Gasteiger partial charge >= 0.3 is 6.09 Å². The topological polar surface area (TPSA) is 149 Å². The van der Waals surface area contributed by atoms with Gasteiger partial charge in [0.15, 0.2) is 11.5 Å². The minimum absolute atomic E-state index is 0.0575. The van der Waals surface area contributed by atoms with Crippen molar-refractivity contribution in [1.29, 1.82) is 5.26 Å². The third-order valence-electron chi connectivity index (χ3n) is 4.88. The Kier molecular flexibility index (Phi) is 5.13. The first-order valence-electron chi connectivity index (χ1n) is 9.30. The maximum absolute atomic E-state index is 12.9. The maximum Gasteiger partial charge on any atom is 0.410 e. The quantitative estimate of drug-likeness (QED) is 0.590. The van der Waals surface area contributed by atoms with Crippen molar-refractivity contribution in [3.63, 3.8) is 0 Å². The number of nitrogens with one attached hydrogen (secondary N) is 2. The average Bonchev–Trinajstić information content (AvgIpc) is 3.11. The summed E-state index contributed by atoms with van der Waals surface area (Å²) in [6.07, 6.45) is 4.73. The van der Waals surface area contributed by atoms with Gasteiger partial charge in [-0.2, -0.15) is 5.26 Å². The number of pyridine rings is 1. The van der Waals surface area contributed by atoms with Crippen molar-refractivity contribution in [3.8, 4) is 6.07 Å². The summed E-state index contributed by atoms with van der Waals surface area (Å²) in [4.78, 5) is 34.6. The normalized spacial score (nSPS) is 14.3. The molecule has 3 aromatic heterocycles. The lowest BCUT2D eigenvalue weighted by atomic mass is 10.0. The van der Waals surface area contributed by atoms with Gasteiger partial charge in [0, 0.05) is 37.7 Å². The first-order valence-corrected chi connectivity index (χ1v) is 9.30. The molecule has 4 heterocycles. The fourth-order valence-electron chi connectivity index (χ4n) is 3.43. The fraction of sp³-hybridized carbons (Fsp3) is 0.263. The summed E-state index contributed by atoms with van der Waals surface area (Å²) in [7, 11) is 0. The van der Waals surface area contributed by atoms with Gasteiger partial charge in [0.2, 0.25) is 0 Å². The predicted octanol–water partition coefficient (Wildman–Crippen LogP) is 1.48. The summed E-state index contributed by atoms with van der Waals surface area (Å²) < 4.78 is 1.36. The van der Waals surface area contributed by atoms with Gasteiger partial charge in [-0.15, -0.1) is 5.10 Å². The molecule has 1 fully saturated rings. The van der Waals surface area contributed by atoms with Crippen LogP contribution in [-0.2, 0) is 0 Å². The minimum Gasteiger partial charge on any atom is -0.465 e. The molecule has 0 saturated carbocycles. The van der Waals surface area contributed by atoms with Gasteiger partial charge in [0.25, 0.3) is 5.91 Å². The van der Waals surface area contributed by atoms with Crippen molar-refractivity contribution >= 4 is 29.3 Å². The zero-order chi connectivity index (χ0) is 21.1. The number of nitrogens with zero attached hydrogens (tertiary/aromatic N) is 6. The first-order chi connectivity index (χ1) is 14.5. The van der Waals surface area contributed by atoms with E-state index in [1.807, 2.05) is 12.1 Å². The number of carbonyl (C=O) groups is 2. The molecule has 30 heavy (non-hydrogen) atoms. The van der Waals surface area contributed by atoms with E-state index < -0.39 is 12.0 Å². The van der Waals surface area contributed by atoms with Crippen LogP contribution in [0.2, 0.25) is 0 Å². The van der Waals surface area contributed by atoms with Gasteiger partial charge in [0.1, 0.15) is 17.5 Å². The Labute approximate surface area is 171 Å².